The summed E-state index contributed by atoms with van der Waals surface area (Å²) in [6.07, 6.45) is -1.16. The molecular formula is C35H28F3N5O3. The molecule has 11 heteroatoms. The van der Waals surface area contributed by atoms with E-state index in [1.807, 2.05) is 30.3 Å². The second kappa shape index (κ2) is 12.8. The number of anilines is 1. The minimum atomic E-state index is -4.48. The molecule has 2 N–H and O–H groups in total. The molecule has 6 rings (SSSR count). The maximum atomic E-state index is 13.4. The maximum absolute atomic E-state index is 13.4. The van der Waals surface area contributed by atoms with Crippen LogP contribution in [0, 0.1) is 0 Å². The fourth-order valence-electron chi connectivity index (χ4n) is 5.42. The molecule has 0 radical (unpaired) electrons. The number of pyridine rings is 2. The Morgan fingerprint density at radius 1 is 0.804 bits per heavy atom. The molecule has 8 nitrogen and oxygen atoms in total. The van der Waals surface area contributed by atoms with Crippen molar-refractivity contribution in [1.29, 1.82) is 0 Å². The summed E-state index contributed by atoms with van der Waals surface area (Å²) in [5.41, 5.74) is 1.49. The summed E-state index contributed by atoms with van der Waals surface area (Å²) in [5, 5.41) is 6.27. The van der Waals surface area contributed by atoms with E-state index in [0.29, 0.717) is 40.7 Å². The Balaban J connectivity index is 1.19. The molecule has 1 aliphatic heterocycles. The molecule has 2 aromatic heterocycles. The van der Waals surface area contributed by atoms with Crippen LogP contribution in [-0.4, -0.2) is 45.7 Å². The van der Waals surface area contributed by atoms with Gasteiger partial charge in [0.15, 0.2) is 0 Å². The molecule has 5 aromatic rings. The topological polar surface area (TPSA) is 104 Å². The highest BCUT2D eigenvalue weighted by molar-refractivity contribution is 6.08. The van der Waals surface area contributed by atoms with Gasteiger partial charge in [0.25, 0.3) is 11.8 Å². The Kier molecular flexibility index (Phi) is 8.47. The number of aromatic nitrogens is 2. The van der Waals surface area contributed by atoms with Gasteiger partial charge >= 0.3 is 6.18 Å². The number of nitrogens with one attached hydrogen (secondary N) is 2. The van der Waals surface area contributed by atoms with E-state index in [0.717, 1.165) is 25.0 Å². The van der Waals surface area contributed by atoms with Crippen LogP contribution in [-0.2, 0) is 11.0 Å². The van der Waals surface area contributed by atoms with E-state index in [4.69, 9.17) is 0 Å². The van der Waals surface area contributed by atoms with Crippen molar-refractivity contribution >= 4 is 34.4 Å². The summed E-state index contributed by atoms with van der Waals surface area (Å²) in [7, 11) is 0. The average Bonchev–Trinajstić information content (AvgIpc) is 3.62. The van der Waals surface area contributed by atoms with E-state index < -0.39 is 29.6 Å². The molecule has 1 atom stereocenters. The first-order valence-corrected chi connectivity index (χ1v) is 14.7. The van der Waals surface area contributed by atoms with Crippen LogP contribution in [0.1, 0.15) is 50.7 Å². The van der Waals surface area contributed by atoms with Crippen LogP contribution in [0.15, 0.2) is 103 Å². The van der Waals surface area contributed by atoms with Crippen molar-refractivity contribution < 1.29 is 27.6 Å². The van der Waals surface area contributed by atoms with Crippen LogP contribution in [0.2, 0.25) is 0 Å². The maximum Gasteiger partial charge on any atom is 0.416 e. The van der Waals surface area contributed by atoms with E-state index in [1.54, 1.807) is 41.3 Å². The van der Waals surface area contributed by atoms with Crippen molar-refractivity contribution in [1.82, 2.24) is 20.2 Å². The first-order valence-electron chi connectivity index (χ1n) is 14.7. The number of carbonyl (C=O) groups is 3. The lowest BCUT2D eigenvalue weighted by molar-refractivity contribution is -0.137. The van der Waals surface area contributed by atoms with Crippen molar-refractivity contribution in [2.45, 2.75) is 25.1 Å². The zero-order valence-corrected chi connectivity index (χ0v) is 24.4. The van der Waals surface area contributed by atoms with Gasteiger partial charge in [0.2, 0.25) is 5.91 Å². The number of amides is 3. The molecule has 1 saturated heterocycles. The number of benzene rings is 3. The van der Waals surface area contributed by atoms with E-state index in [9.17, 15) is 27.6 Å². The summed E-state index contributed by atoms with van der Waals surface area (Å²) in [5.74, 6) is -0.860. The van der Waals surface area contributed by atoms with Gasteiger partial charge in [0, 0.05) is 35.8 Å². The molecule has 3 aromatic carbocycles. The molecule has 3 amide bonds. The highest BCUT2D eigenvalue weighted by Gasteiger charge is 2.31. The zero-order chi connectivity index (χ0) is 32.3. The molecule has 0 spiro atoms. The number of hydrogen-bond acceptors (Lipinski definition) is 5. The van der Waals surface area contributed by atoms with Gasteiger partial charge < -0.3 is 15.5 Å². The Bertz CT molecular complexity index is 1910. The van der Waals surface area contributed by atoms with Crippen LogP contribution >= 0.6 is 0 Å². The molecular weight excluding hydrogens is 595 g/mol. The van der Waals surface area contributed by atoms with E-state index >= 15 is 0 Å². The Morgan fingerprint density at radius 2 is 1.54 bits per heavy atom. The Labute approximate surface area is 262 Å². The lowest BCUT2D eigenvalue weighted by Gasteiger charge is -2.24. The molecule has 0 bridgehead atoms. The second-order valence-electron chi connectivity index (χ2n) is 10.9. The highest BCUT2D eigenvalue weighted by atomic mass is 19.4. The van der Waals surface area contributed by atoms with Gasteiger partial charge in [0.05, 0.1) is 22.3 Å². The quantitative estimate of drug-likeness (QED) is 0.211. The van der Waals surface area contributed by atoms with Crippen LogP contribution in [0.25, 0.3) is 22.2 Å². The number of hydrogen-bond donors (Lipinski definition) is 2. The second-order valence-corrected chi connectivity index (χ2v) is 10.9. The van der Waals surface area contributed by atoms with E-state index in [1.165, 1.54) is 24.4 Å². The standard InChI is InChI=1S/C35H28F3N5O3/c36-35(37,38)26-14-10-23(11-15-26)30-27(9-6-18-39-30)33(45)41-29-17-13-24-21-25(12-16-28(24)40-29)32(44)42-31(22-7-2-1-3-8-22)34(46)43-19-4-5-20-43/h1-3,6-18,21,31H,4-5,19-20H2,(H,42,44)(H,40,41,45)/t31-/m0/s1. The molecule has 1 fully saturated rings. The number of alkyl halides is 3. The third-order valence-corrected chi connectivity index (χ3v) is 7.80. The summed E-state index contributed by atoms with van der Waals surface area (Å²) >= 11 is 0. The van der Waals surface area contributed by atoms with Crippen LogP contribution < -0.4 is 10.6 Å². The SMILES string of the molecule is O=C(N[C@H](C(=O)N1CCCC1)c1ccccc1)c1ccc2nc(NC(=O)c3cccnc3-c3ccc(C(F)(F)F)cc3)ccc2c1. The zero-order valence-electron chi connectivity index (χ0n) is 24.4. The average molecular weight is 624 g/mol. The fraction of sp³-hybridized carbons (Fsp3) is 0.171. The van der Waals surface area contributed by atoms with Crippen molar-refractivity contribution in [2.24, 2.45) is 0 Å². The summed E-state index contributed by atoms with van der Waals surface area (Å²) in [6, 6.07) is 24.0. The van der Waals surface area contributed by atoms with Gasteiger partial charge in [-0.2, -0.15) is 13.2 Å². The largest absolute Gasteiger partial charge is 0.416 e. The van der Waals surface area contributed by atoms with Gasteiger partial charge in [-0.15, -0.1) is 0 Å². The molecule has 1 aliphatic rings. The molecule has 0 aliphatic carbocycles. The predicted octanol–water partition coefficient (Wildman–Crippen LogP) is 6.66. The minimum Gasteiger partial charge on any atom is -0.341 e. The number of carbonyl (C=O) groups excluding carboxylic acids is 3. The smallest absolute Gasteiger partial charge is 0.341 e. The number of rotatable bonds is 7. The first-order chi connectivity index (χ1) is 22.2. The predicted molar refractivity (Wildman–Crippen MR) is 167 cm³/mol. The lowest BCUT2D eigenvalue weighted by Crippen LogP contribution is -2.41. The summed E-state index contributed by atoms with van der Waals surface area (Å²) < 4.78 is 39.1. The van der Waals surface area contributed by atoms with Crippen LogP contribution in [0.5, 0.6) is 0 Å². The van der Waals surface area contributed by atoms with Crippen LogP contribution in [0.3, 0.4) is 0 Å². The summed E-state index contributed by atoms with van der Waals surface area (Å²) in [6.45, 7) is 1.32. The van der Waals surface area contributed by atoms with Gasteiger partial charge in [-0.05, 0) is 73.0 Å². The summed E-state index contributed by atoms with van der Waals surface area (Å²) in [4.78, 5) is 50.4. The van der Waals surface area contributed by atoms with Crippen molar-refractivity contribution in [3.05, 3.63) is 126 Å². The van der Waals surface area contributed by atoms with Gasteiger partial charge in [-0.1, -0.05) is 42.5 Å². The van der Waals surface area contributed by atoms with Crippen molar-refractivity contribution in [2.75, 3.05) is 18.4 Å². The van der Waals surface area contributed by atoms with E-state index in [2.05, 4.69) is 20.6 Å². The molecule has 46 heavy (non-hydrogen) atoms. The molecule has 0 unspecified atom stereocenters. The van der Waals surface area contributed by atoms with Gasteiger partial charge in [-0.3, -0.25) is 19.4 Å². The molecule has 232 valence electrons. The normalized spacial score (nSPS) is 13.8. The molecule has 3 heterocycles. The number of nitrogens with zero attached hydrogens (tertiary/aromatic N) is 3. The number of fused-ring (bicyclic) bond motifs is 1. The molecule has 0 saturated carbocycles. The first kappa shape index (κ1) is 30.4. The van der Waals surface area contributed by atoms with E-state index in [-0.39, 0.29) is 23.0 Å². The van der Waals surface area contributed by atoms with Gasteiger partial charge in [0.1, 0.15) is 11.9 Å². The van der Waals surface area contributed by atoms with Crippen molar-refractivity contribution in [3.8, 4) is 11.3 Å². The van der Waals surface area contributed by atoms with Crippen LogP contribution in [0.4, 0.5) is 19.0 Å². The fourth-order valence-corrected chi connectivity index (χ4v) is 5.42. The van der Waals surface area contributed by atoms with Gasteiger partial charge in [-0.25, -0.2) is 4.98 Å². The monoisotopic (exact) mass is 623 g/mol. The minimum absolute atomic E-state index is 0.144. The third kappa shape index (κ3) is 6.58. The number of likely N-dealkylation sites (tertiary alicyclic amines) is 1. The lowest BCUT2D eigenvalue weighted by atomic mass is 10.0. The number of halogens is 3. The third-order valence-electron chi connectivity index (χ3n) is 7.80. The Morgan fingerprint density at radius 3 is 2.26 bits per heavy atom. The Hall–Kier alpha value is -5.58. The van der Waals surface area contributed by atoms with Crippen molar-refractivity contribution in [3.63, 3.8) is 0 Å². The highest BCUT2D eigenvalue weighted by Crippen LogP contribution is 2.31.